The average molecular weight is 437 g/mol. The number of fused-ring (bicyclic) bond motifs is 5. The zero-order valence-electron chi connectivity index (χ0n) is 17.3. The van der Waals surface area contributed by atoms with E-state index in [0.29, 0.717) is 28.5 Å². The second-order valence-corrected chi connectivity index (χ2v) is 8.45. The van der Waals surface area contributed by atoms with Crippen molar-refractivity contribution in [2.45, 2.75) is 24.9 Å². The lowest BCUT2D eigenvalue weighted by Crippen LogP contribution is -2.41. The second-order valence-electron chi connectivity index (χ2n) is 8.45. The van der Waals surface area contributed by atoms with Gasteiger partial charge < -0.3 is 25.7 Å². The first-order valence-electron chi connectivity index (χ1n) is 10.5. The van der Waals surface area contributed by atoms with Crippen molar-refractivity contribution in [3.05, 3.63) is 42.2 Å². The van der Waals surface area contributed by atoms with E-state index in [1.807, 2.05) is 0 Å². The zero-order chi connectivity index (χ0) is 22.0. The van der Waals surface area contributed by atoms with Crippen LogP contribution in [0.15, 0.2) is 30.6 Å². The summed E-state index contributed by atoms with van der Waals surface area (Å²) >= 11 is 0. The number of halogens is 2. The van der Waals surface area contributed by atoms with Gasteiger partial charge in [-0.2, -0.15) is 9.97 Å². The number of anilines is 2. The van der Waals surface area contributed by atoms with Gasteiger partial charge in [-0.1, -0.05) is 0 Å². The molecule has 164 valence electrons. The normalized spacial score (nSPS) is 22.2. The van der Waals surface area contributed by atoms with Crippen molar-refractivity contribution in [1.29, 1.82) is 0 Å². The summed E-state index contributed by atoms with van der Waals surface area (Å²) in [6.07, 6.45) is 4.36. The Hall–Kier alpha value is -3.53. The van der Waals surface area contributed by atoms with Crippen LogP contribution in [0.25, 0.3) is 21.9 Å². The van der Waals surface area contributed by atoms with Gasteiger partial charge in [-0.25, -0.2) is 8.78 Å². The van der Waals surface area contributed by atoms with E-state index >= 15 is 0 Å². The SMILES string of the molecule is CNc1cc(F)cc2c1[nH]c1nc(Oc3cncc(F)c3)nc(N3CC4CC3CC4N)c12. The molecule has 1 saturated carbocycles. The van der Waals surface area contributed by atoms with Crippen LogP contribution in [0.5, 0.6) is 11.8 Å². The molecule has 1 aromatic carbocycles. The molecule has 3 aromatic heterocycles. The smallest absolute Gasteiger partial charge is 0.326 e. The number of benzene rings is 1. The molecule has 8 nitrogen and oxygen atoms in total. The molecule has 1 aliphatic carbocycles. The summed E-state index contributed by atoms with van der Waals surface area (Å²) in [5.74, 6) is 0.363. The summed E-state index contributed by atoms with van der Waals surface area (Å²) in [5, 5.41) is 4.43. The van der Waals surface area contributed by atoms with Gasteiger partial charge in [0, 0.05) is 37.1 Å². The maximum Gasteiger partial charge on any atom is 0.326 e. The number of hydrogen-bond acceptors (Lipinski definition) is 7. The minimum Gasteiger partial charge on any atom is -0.422 e. The predicted octanol–water partition coefficient (Wildman–Crippen LogP) is 3.54. The van der Waals surface area contributed by atoms with Gasteiger partial charge >= 0.3 is 6.01 Å². The molecule has 32 heavy (non-hydrogen) atoms. The maximum atomic E-state index is 14.4. The van der Waals surface area contributed by atoms with Crippen molar-refractivity contribution in [3.63, 3.8) is 0 Å². The number of nitrogens with two attached hydrogens (primary N) is 1. The van der Waals surface area contributed by atoms with Gasteiger partial charge in [0.05, 0.1) is 29.0 Å². The standard InChI is InChI=1S/C22H21F2N7O/c1-26-17-5-11(23)4-15-18-20(28-19(15)17)29-22(32-14-3-12(24)7-27-8-14)30-21(18)31-9-10-2-13(31)6-16(10)25/h3-5,7-8,10,13,16,26H,2,6,9,25H2,1H3,(H,28,29,30). The molecule has 2 aliphatic rings. The molecule has 0 spiro atoms. The van der Waals surface area contributed by atoms with Crippen LogP contribution in [0.1, 0.15) is 12.8 Å². The van der Waals surface area contributed by atoms with Crippen molar-refractivity contribution in [2.24, 2.45) is 11.7 Å². The summed E-state index contributed by atoms with van der Waals surface area (Å²) in [4.78, 5) is 18.5. The molecule has 2 fully saturated rings. The van der Waals surface area contributed by atoms with Gasteiger partial charge in [0.2, 0.25) is 0 Å². The van der Waals surface area contributed by atoms with Crippen LogP contribution >= 0.6 is 0 Å². The molecule has 2 bridgehead atoms. The van der Waals surface area contributed by atoms with E-state index in [4.69, 9.17) is 15.5 Å². The number of piperidine rings is 1. The predicted molar refractivity (Wildman–Crippen MR) is 117 cm³/mol. The molecular formula is C22H21F2N7O. The number of nitrogens with one attached hydrogen (secondary N) is 2. The highest BCUT2D eigenvalue weighted by Crippen LogP contribution is 2.44. The molecule has 10 heteroatoms. The monoisotopic (exact) mass is 437 g/mol. The lowest BCUT2D eigenvalue weighted by atomic mass is 10.0. The first kappa shape index (κ1) is 19.2. The second kappa shape index (κ2) is 6.99. The maximum absolute atomic E-state index is 14.4. The quantitative estimate of drug-likeness (QED) is 0.448. The molecule has 4 N–H and O–H groups in total. The molecule has 1 saturated heterocycles. The first-order chi connectivity index (χ1) is 15.5. The third-order valence-electron chi connectivity index (χ3n) is 6.51. The van der Waals surface area contributed by atoms with Crippen LogP contribution in [0, 0.1) is 17.6 Å². The lowest BCUT2D eigenvalue weighted by Gasteiger charge is -2.31. The van der Waals surface area contributed by atoms with Crippen molar-refractivity contribution in [3.8, 4) is 11.8 Å². The van der Waals surface area contributed by atoms with Crippen LogP contribution in [0.2, 0.25) is 0 Å². The van der Waals surface area contributed by atoms with Crippen LogP contribution in [-0.4, -0.2) is 45.6 Å². The van der Waals surface area contributed by atoms with Crippen LogP contribution in [0.4, 0.5) is 20.3 Å². The van der Waals surface area contributed by atoms with E-state index in [1.54, 1.807) is 7.05 Å². The Bertz CT molecular complexity index is 1360. The van der Waals surface area contributed by atoms with Crippen molar-refractivity contribution >= 4 is 33.4 Å². The number of pyridine rings is 1. The van der Waals surface area contributed by atoms with Crippen molar-refractivity contribution in [1.82, 2.24) is 19.9 Å². The molecule has 4 heterocycles. The van der Waals surface area contributed by atoms with Gasteiger partial charge in [-0.05, 0) is 30.9 Å². The summed E-state index contributed by atoms with van der Waals surface area (Å²) in [5.41, 5.74) is 8.11. The molecule has 3 atom stereocenters. The Morgan fingerprint density at radius 1 is 1.16 bits per heavy atom. The van der Waals surface area contributed by atoms with Crippen molar-refractivity contribution < 1.29 is 13.5 Å². The van der Waals surface area contributed by atoms with Gasteiger partial charge in [0.1, 0.15) is 23.1 Å². The number of rotatable bonds is 4. The highest BCUT2D eigenvalue weighted by Gasteiger charge is 2.44. The lowest BCUT2D eigenvalue weighted by molar-refractivity contribution is 0.434. The number of nitrogens with zero attached hydrogens (tertiary/aromatic N) is 4. The van der Waals surface area contributed by atoms with Crippen LogP contribution < -0.4 is 20.7 Å². The fourth-order valence-corrected chi connectivity index (χ4v) is 5.08. The molecule has 0 amide bonds. The van der Waals surface area contributed by atoms with Gasteiger partial charge in [-0.15, -0.1) is 0 Å². The highest BCUT2D eigenvalue weighted by atomic mass is 19.1. The summed E-state index contributed by atoms with van der Waals surface area (Å²) in [7, 11) is 1.73. The third-order valence-corrected chi connectivity index (χ3v) is 6.51. The molecule has 1 aliphatic heterocycles. The Labute approximate surface area is 181 Å². The summed E-state index contributed by atoms with van der Waals surface area (Å²) in [6.45, 7) is 0.764. The summed E-state index contributed by atoms with van der Waals surface area (Å²) < 4.78 is 33.8. The largest absolute Gasteiger partial charge is 0.422 e. The van der Waals surface area contributed by atoms with Gasteiger partial charge in [0.25, 0.3) is 0 Å². The molecule has 6 rings (SSSR count). The van der Waals surface area contributed by atoms with E-state index in [1.165, 1.54) is 24.4 Å². The minimum absolute atomic E-state index is 0.0602. The third kappa shape index (κ3) is 2.94. The van der Waals surface area contributed by atoms with Gasteiger partial charge in [-0.3, -0.25) is 4.98 Å². The van der Waals surface area contributed by atoms with Gasteiger partial charge in [0.15, 0.2) is 5.75 Å². The Morgan fingerprint density at radius 2 is 2.03 bits per heavy atom. The number of aromatic amines is 1. The fourth-order valence-electron chi connectivity index (χ4n) is 5.08. The van der Waals surface area contributed by atoms with E-state index < -0.39 is 5.82 Å². The minimum atomic E-state index is -0.519. The topological polar surface area (TPSA) is 105 Å². The molecule has 3 unspecified atom stereocenters. The Balaban J connectivity index is 1.56. The highest BCUT2D eigenvalue weighted by molar-refractivity contribution is 6.14. The van der Waals surface area contributed by atoms with Crippen LogP contribution in [-0.2, 0) is 0 Å². The average Bonchev–Trinajstić information content (AvgIpc) is 3.44. The first-order valence-corrected chi connectivity index (χ1v) is 10.5. The molecule has 0 radical (unpaired) electrons. The number of aromatic nitrogens is 4. The summed E-state index contributed by atoms with van der Waals surface area (Å²) in [6, 6.07) is 4.62. The van der Waals surface area contributed by atoms with E-state index in [0.717, 1.165) is 36.5 Å². The number of H-pyrrole nitrogens is 1. The molecular weight excluding hydrogens is 416 g/mol. The van der Waals surface area contributed by atoms with Crippen LogP contribution in [0.3, 0.4) is 0 Å². The van der Waals surface area contributed by atoms with E-state index in [9.17, 15) is 8.78 Å². The van der Waals surface area contributed by atoms with E-state index in [-0.39, 0.29) is 29.7 Å². The Kier molecular flexibility index (Phi) is 4.19. The number of hydrogen-bond donors (Lipinski definition) is 3. The zero-order valence-corrected chi connectivity index (χ0v) is 17.3. The van der Waals surface area contributed by atoms with Crippen molar-refractivity contribution in [2.75, 3.05) is 23.8 Å². The number of ether oxygens (including phenoxy) is 1. The fraction of sp³-hybridized carbons (Fsp3) is 0.318. The Morgan fingerprint density at radius 3 is 2.75 bits per heavy atom. The molecule has 4 aromatic rings. The van der Waals surface area contributed by atoms with E-state index in [2.05, 4.69) is 25.2 Å².